The zero-order chi connectivity index (χ0) is 10.8. The van der Waals surface area contributed by atoms with E-state index in [1.165, 1.54) is 0 Å². The molecule has 0 amide bonds. The van der Waals surface area contributed by atoms with Crippen molar-refractivity contribution in [2.24, 2.45) is 5.92 Å². The highest BCUT2D eigenvalue weighted by Crippen LogP contribution is 2.28. The molecule has 0 aromatic carbocycles. The summed E-state index contributed by atoms with van der Waals surface area (Å²) in [5, 5.41) is 9.19. The van der Waals surface area contributed by atoms with Crippen LogP contribution in [0, 0.1) is 12.8 Å². The molecular formula is C11H17N3O. The van der Waals surface area contributed by atoms with Gasteiger partial charge in [0, 0.05) is 26.0 Å². The molecular weight excluding hydrogens is 190 g/mol. The summed E-state index contributed by atoms with van der Waals surface area (Å²) < 4.78 is 0. The van der Waals surface area contributed by atoms with Crippen LogP contribution in [-0.4, -0.2) is 34.8 Å². The Morgan fingerprint density at radius 2 is 2.00 bits per heavy atom. The maximum Gasteiger partial charge on any atom is 0.224 e. The Kier molecular flexibility index (Phi) is 2.86. The molecule has 1 aromatic heterocycles. The number of aromatic nitrogens is 2. The Hall–Kier alpha value is -1.16. The van der Waals surface area contributed by atoms with Crippen LogP contribution in [0.3, 0.4) is 0 Å². The molecule has 0 unspecified atom stereocenters. The average molecular weight is 207 g/mol. The number of aryl methyl sites for hydroxylation is 1. The lowest BCUT2D eigenvalue weighted by atomic mass is 9.82. The van der Waals surface area contributed by atoms with Crippen LogP contribution in [0.4, 0.5) is 5.95 Å². The van der Waals surface area contributed by atoms with Gasteiger partial charge in [0.1, 0.15) is 0 Å². The second kappa shape index (κ2) is 4.14. The van der Waals surface area contributed by atoms with E-state index in [4.69, 9.17) is 0 Å². The molecule has 4 nitrogen and oxygen atoms in total. The van der Waals surface area contributed by atoms with Crippen LogP contribution in [0.1, 0.15) is 18.4 Å². The lowest BCUT2D eigenvalue weighted by Gasteiger charge is -2.34. The lowest BCUT2D eigenvalue weighted by molar-refractivity contribution is 0.0463. The summed E-state index contributed by atoms with van der Waals surface area (Å²) in [6.45, 7) is 2.91. The summed E-state index contributed by atoms with van der Waals surface area (Å²) in [5.41, 5.74) is 1.08. The number of rotatable bonds is 3. The molecule has 0 bridgehead atoms. The molecule has 0 spiro atoms. The second-order valence-electron chi connectivity index (χ2n) is 4.43. The molecule has 1 heterocycles. The van der Waals surface area contributed by atoms with Gasteiger partial charge in [-0.05, 0) is 31.2 Å². The van der Waals surface area contributed by atoms with E-state index in [1.54, 1.807) is 0 Å². The Balaban J connectivity index is 1.90. The van der Waals surface area contributed by atoms with Gasteiger partial charge >= 0.3 is 0 Å². The van der Waals surface area contributed by atoms with E-state index in [-0.39, 0.29) is 6.10 Å². The van der Waals surface area contributed by atoms with Crippen LogP contribution in [-0.2, 0) is 0 Å². The van der Waals surface area contributed by atoms with Gasteiger partial charge in [-0.2, -0.15) is 0 Å². The van der Waals surface area contributed by atoms with E-state index in [1.807, 2.05) is 26.4 Å². The van der Waals surface area contributed by atoms with Crippen molar-refractivity contribution in [2.45, 2.75) is 25.9 Å². The quantitative estimate of drug-likeness (QED) is 0.803. The number of nitrogens with zero attached hydrogens (tertiary/aromatic N) is 3. The molecule has 1 fully saturated rings. The second-order valence-corrected chi connectivity index (χ2v) is 4.43. The number of aliphatic hydroxyl groups excluding tert-OH is 1. The summed E-state index contributed by atoms with van der Waals surface area (Å²) >= 11 is 0. The van der Waals surface area contributed by atoms with Crippen LogP contribution in [0.15, 0.2) is 12.4 Å². The molecule has 1 aliphatic carbocycles. The molecule has 15 heavy (non-hydrogen) atoms. The molecule has 1 aliphatic rings. The van der Waals surface area contributed by atoms with Crippen LogP contribution < -0.4 is 4.90 Å². The number of anilines is 1. The van der Waals surface area contributed by atoms with E-state index in [0.717, 1.165) is 30.9 Å². The Morgan fingerprint density at radius 3 is 2.53 bits per heavy atom. The van der Waals surface area contributed by atoms with Crippen LogP contribution in [0.5, 0.6) is 0 Å². The zero-order valence-corrected chi connectivity index (χ0v) is 9.22. The molecule has 1 aromatic rings. The summed E-state index contributed by atoms with van der Waals surface area (Å²) in [6, 6.07) is 0. The van der Waals surface area contributed by atoms with Gasteiger partial charge in [-0.3, -0.25) is 0 Å². The highest BCUT2D eigenvalue weighted by molar-refractivity contribution is 5.28. The van der Waals surface area contributed by atoms with Crippen LogP contribution >= 0.6 is 0 Å². The van der Waals surface area contributed by atoms with Gasteiger partial charge in [-0.1, -0.05) is 0 Å². The first-order valence-electron chi connectivity index (χ1n) is 5.33. The third-order valence-corrected chi connectivity index (χ3v) is 2.85. The third-order valence-electron chi connectivity index (χ3n) is 2.85. The predicted molar refractivity (Wildman–Crippen MR) is 58.8 cm³/mol. The van der Waals surface area contributed by atoms with E-state index in [9.17, 15) is 5.11 Å². The summed E-state index contributed by atoms with van der Waals surface area (Å²) in [4.78, 5) is 10.6. The standard InChI is InChI=1S/C11H17N3O/c1-8-5-12-11(13-6-8)14(2)7-9-3-10(15)4-9/h5-6,9-10,15H,3-4,7H2,1-2H3. The highest BCUT2D eigenvalue weighted by Gasteiger charge is 2.28. The molecule has 1 saturated carbocycles. The first-order valence-corrected chi connectivity index (χ1v) is 5.33. The van der Waals surface area contributed by atoms with E-state index >= 15 is 0 Å². The smallest absolute Gasteiger partial charge is 0.224 e. The first-order chi connectivity index (χ1) is 7.15. The number of hydrogen-bond acceptors (Lipinski definition) is 4. The van der Waals surface area contributed by atoms with Gasteiger partial charge in [0.15, 0.2) is 0 Å². The Morgan fingerprint density at radius 1 is 1.40 bits per heavy atom. The van der Waals surface area contributed by atoms with Crippen molar-refractivity contribution in [2.75, 3.05) is 18.5 Å². The molecule has 0 aliphatic heterocycles. The molecule has 1 N–H and O–H groups in total. The van der Waals surface area contributed by atoms with Crippen molar-refractivity contribution in [1.29, 1.82) is 0 Å². The minimum Gasteiger partial charge on any atom is -0.393 e. The zero-order valence-electron chi connectivity index (χ0n) is 9.22. The largest absolute Gasteiger partial charge is 0.393 e. The lowest BCUT2D eigenvalue weighted by Crippen LogP contribution is -2.37. The summed E-state index contributed by atoms with van der Waals surface area (Å²) in [5.74, 6) is 1.36. The Bertz CT molecular complexity index is 319. The third kappa shape index (κ3) is 2.45. The van der Waals surface area contributed by atoms with Gasteiger partial charge in [0.25, 0.3) is 0 Å². The fourth-order valence-corrected chi connectivity index (χ4v) is 1.90. The van der Waals surface area contributed by atoms with Gasteiger partial charge in [0.05, 0.1) is 6.10 Å². The van der Waals surface area contributed by atoms with Crippen molar-refractivity contribution < 1.29 is 5.11 Å². The van der Waals surface area contributed by atoms with Gasteiger partial charge < -0.3 is 10.0 Å². The fraction of sp³-hybridized carbons (Fsp3) is 0.636. The minimum absolute atomic E-state index is 0.0812. The van der Waals surface area contributed by atoms with Gasteiger partial charge in [-0.15, -0.1) is 0 Å². The topological polar surface area (TPSA) is 49.2 Å². The molecule has 0 radical (unpaired) electrons. The summed E-state index contributed by atoms with van der Waals surface area (Å²) in [7, 11) is 2.00. The van der Waals surface area contributed by atoms with Crippen LogP contribution in [0.2, 0.25) is 0 Å². The molecule has 82 valence electrons. The van der Waals surface area contributed by atoms with Gasteiger partial charge in [0.2, 0.25) is 5.95 Å². The number of hydrogen-bond donors (Lipinski definition) is 1. The summed E-state index contributed by atoms with van der Waals surface area (Å²) in [6.07, 6.45) is 5.40. The maximum absolute atomic E-state index is 9.19. The van der Waals surface area contributed by atoms with E-state index in [2.05, 4.69) is 14.9 Å². The molecule has 0 saturated heterocycles. The predicted octanol–water partition coefficient (Wildman–Crippen LogP) is 0.992. The van der Waals surface area contributed by atoms with E-state index in [0.29, 0.717) is 5.92 Å². The highest BCUT2D eigenvalue weighted by atomic mass is 16.3. The van der Waals surface area contributed by atoms with Crippen molar-refractivity contribution >= 4 is 5.95 Å². The van der Waals surface area contributed by atoms with Crippen molar-refractivity contribution in [3.8, 4) is 0 Å². The normalized spacial score (nSPS) is 24.7. The van der Waals surface area contributed by atoms with Crippen molar-refractivity contribution in [1.82, 2.24) is 9.97 Å². The SMILES string of the molecule is Cc1cnc(N(C)CC2CC(O)C2)nc1. The maximum atomic E-state index is 9.19. The molecule has 2 rings (SSSR count). The van der Waals surface area contributed by atoms with Crippen molar-refractivity contribution in [3.05, 3.63) is 18.0 Å². The Labute approximate surface area is 90.0 Å². The number of aliphatic hydroxyl groups is 1. The van der Waals surface area contributed by atoms with Crippen LogP contribution in [0.25, 0.3) is 0 Å². The molecule has 4 heteroatoms. The molecule has 0 atom stereocenters. The average Bonchev–Trinajstić information content (AvgIpc) is 2.16. The van der Waals surface area contributed by atoms with Crippen molar-refractivity contribution in [3.63, 3.8) is 0 Å². The van der Waals surface area contributed by atoms with Gasteiger partial charge in [-0.25, -0.2) is 9.97 Å². The minimum atomic E-state index is -0.0812. The van der Waals surface area contributed by atoms with E-state index < -0.39 is 0 Å². The monoisotopic (exact) mass is 207 g/mol. The fourth-order valence-electron chi connectivity index (χ4n) is 1.90. The first kappa shape index (κ1) is 10.4.